The van der Waals surface area contributed by atoms with Crippen molar-refractivity contribution in [3.63, 3.8) is 0 Å². The minimum Gasteiger partial charge on any atom is -0.468 e. The van der Waals surface area contributed by atoms with Gasteiger partial charge in [-0.3, -0.25) is 24.1 Å². The second-order valence-electron chi connectivity index (χ2n) is 9.53. The summed E-state index contributed by atoms with van der Waals surface area (Å²) in [6, 6.07) is 9.22. The standard InChI is InChI=1S/C26H27N3O7/c1-4-15-16-10-11-17-19(23(33)28(2)21(17)31)20(16)26(12-14-8-6-5-7-9-14)24(27-13-18(30)35-3)36-25(34)29(26)22(15)32/h5-9,17,19-20H,4,10-13H2,1-3H3/t17-,19-,20+,26+/m1/s1. The Morgan fingerprint density at radius 2 is 1.89 bits per heavy atom. The number of hydrogen-bond donors (Lipinski definition) is 0. The Balaban J connectivity index is 1.79. The molecule has 0 bridgehead atoms. The van der Waals surface area contributed by atoms with Crippen LogP contribution in [0, 0.1) is 17.8 Å². The summed E-state index contributed by atoms with van der Waals surface area (Å²) in [7, 11) is 2.68. The summed E-state index contributed by atoms with van der Waals surface area (Å²) in [5.74, 6) is -3.94. The highest BCUT2D eigenvalue weighted by atomic mass is 16.6. The van der Waals surface area contributed by atoms with Crippen LogP contribution in [0.5, 0.6) is 0 Å². The third-order valence-corrected chi connectivity index (χ3v) is 7.90. The summed E-state index contributed by atoms with van der Waals surface area (Å²) >= 11 is 0. The lowest BCUT2D eigenvalue weighted by atomic mass is 9.58. The molecule has 0 radical (unpaired) electrons. The van der Waals surface area contributed by atoms with Gasteiger partial charge >= 0.3 is 12.1 Å². The van der Waals surface area contributed by atoms with Crippen LogP contribution in [0.2, 0.25) is 0 Å². The fourth-order valence-electron chi connectivity index (χ4n) is 6.40. The van der Waals surface area contributed by atoms with Crippen molar-refractivity contribution < 1.29 is 33.4 Å². The molecule has 0 N–H and O–H groups in total. The van der Waals surface area contributed by atoms with E-state index in [0.29, 0.717) is 24.8 Å². The molecule has 3 fully saturated rings. The van der Waals surface area contributed by atoms with Gasteiger partial charge < -0.3 is 9.47 Å². The zero-order valence-corrected chi connectivity index (χ0v) is 20.4. The minimum absolute atomic E-state index is 0.108. The van der Waals surface area contributed by atoms with Crippen molar-refractivity contribution in [1.82, 2.24) is 9.80 Å². The maximum absolute atomic E-state index is 13.8. The van der Waals surface area contributed by atoms with E-state index in [1.54, 1.807) is 0 Å². The van der Waals surface area contributed by atoms with Gasteiger partial charge in [0.25, 0.3) is 5.91 Å². The normalized spacial score (nSPS) is 30.4. The van der Waals surface area contributed by atoms with Crippen molar-refractivity contribution in [2.24, 2.45) is 22.7 Å². The number of imide groups is 2. The maximum Gasteiger partial charge on any atom is 0.424 e. The first-order valence-electron chi connectivity index (χ1n) is 12.0. The van der Waals surface area contributed by atoms with E-state index in [2.05, 4.69) is 4.99 Å². The molecule has 3 heterocycles. The summed E-state index contributed by atoms with van der Waals surface area (Å²) < 4.78 is 10.3. The molecular formula is C26H27N3O7. The molecule has 1 aromatic rings. The molecule has 4 aliphatic rings. The van der Waals surface area contributed by atoms with E-state index in [9.17, 15) is 24.0 Å². The number of esters is 1. The van der Waals surface area contributed by atoms with Crippen LogP contribution in [0.4, 0.5) is 4.79 Å². The Morgan fingerprint density at radius 3 is 2.56 bits per heavy atom. The molecule has 4 atom stereocenters. The number of ether oxygens (including phenoxy) is 2. The van der Waals surface area contributed by atoms with Crippen LogP contribution >= 0.6 is 0 Å². The topological polar surface area (TPSA) is 123 Å². The molecule has 1 aromatic carbocycles. The van der Waals surface area contributed by atoms with Gasteiger partial charge in [-0.2, -0.15) is 0 Å². The fourth-order valence-corrected chi connectivity index (χ4v) is 6.40. The molecule has 1 saturated carbocycles. The first-order valence-corrected chi connectivity index (χ1v) is 12.0. The Bertz CT molecular complexity index is 1240. The van der Waals surface area contributed by atoms with Crippen molar-refractivity contribution in [1.29, 1.82) is 0 Å². The van der Waals surface area contributed by atoms with Gasteiger partial charge in [0.1, 0.15) is 12.1 Å². The van der Waals surface area contributed by atoms with Crippen molar-refractivity contribution in [2.75, 3.05) is 20.7 Å². The van der Waals surface area contributed by atoms with E-state index in [4.69, 9.17) is 9.47 Å². The second-order valence-corrected chi connectivity index (χ2v) is 9.53. The largest absolute Gasteiger partial charge is 0.468 e. The number of nitrogens with zero attached hydrogens (tertiary/aromatic N) is 3. The van der Waals surface area contributed by atoms with Crippen LogP contribution in [0.1, 0.15) is 31.7 Å². The Hall–Kier alpha value is -3.82. The predicted octanol–water partition coefficient (Wildman–Crippen LogP) is 1.88. The Kier molecular flexibility index (Phi) is 5.77. The summed E-state index contributed by atoms with van der Waals surface area (Å²) in [6.45, 7) is 1.40. The Morgan fingerprint density at radius 1 is 1.17 bits per heavy atom. The number of methoxy groups -OCH3 is 1. The van der Waals surface area contributed by atoms with Crippen LogP contribution in [-0.2, 0) is 35.1 Å². The van der Waals surface area contributed by atoms with Crippen molar-refractivity contribution in [3.05, 3.63) is 47.0 Å². The molecule has 10 nitrogen and oxygen atoms in total. The van der Waals surface area contributed by atoms with Crippen LogP contribution < -0.4 is 0 Å². The van der Waals surface area contributed by atoms with Gasteiger partial charge in [-0.1, -0.05) is 42.8 Å². The molecule has 5 rings (SSSR count). The van der Waals surface area contributed by atoms with Gasteiger partial charge in [0.05, 0.1) is 18.9 Å². The molecule has 4 amide bonds. The smallest absolute Gasteiger partial charge is 0.424 e. The molecule has 36 heavy (non-hydrogen) atoms. The number of rotatable bonds is 5. The summed E-state index contributed by atoms with van der Waals surface area (Å²) in [5.41, 5.74) is 0.507. The van der Waals surface area contributed by atoms with Gasteiger partial charge in [-0.25, -0.2) is 14.7 Å². The lowest BCUT2D eigenvalue weighted by Gasteiger charge is -2.50. The molecule has 10 heteroatoms. The lowest BCUT2D eigenvalue weighted by molar-refractivity contribution is -0.140. The van der Waals surface area contributed by atoms with Gasteiger partial charge in [0, 0.05) is 25.0 Å². The van der Waals surface area contributed by atoms with E-state index in [-0.39, 0.29) is 24.1 Å². The molecule has 2 saturated heterocycles. The van der Waals surface area contributed by atoms with Crippen molar-refractivity contribution in [2.45, 2.75) is 38.1 Å². The molecular weight excluding hydrogens is 466 g/mol. The molecule has 1 aliphatic carbocycles. The van der Waals surface area contributed by atoms with Crippen molar-refractivity contribution >= 4 is 35.7 Å². The van der Waals surface area contributed by atoms with Gasteiger partial charge in [-0.05, 0) is 24.8 Å². The molecule has 0 aromatic heterocycles. The van der Waals surface area contributed by atoms with Crippen LogP contribution in [0.15, 0.2) is 46.5 Å². The SMILES string of the molecule is CCC1=C2CC[C@H]3C(=O)N(C)C(=O)[C@H]3[C@H]2[C@@]2(Cc3ccccc3)C(=NCC(=O)OC)OC(=O)N2C1=O. The Labute approximate surface area is 207 Å². The summed E-state index contributed by atoms with van der Waals surface area (Å²) in [4.78, 5) is 72.1. The third kappa shape index (κ3) is 3.23. The first kappa shape index (κ1) is 23.9. The number of cyclic esters (lactones) is 1. The summed E-state index contributed by atoms with van der Waals surface area (Å²) in [5, 5.41) is 0. The monoisotopic (exact) mass is 493 g/mol. The number of hydrogen-bond acceptors (Lipinski definition) is 8. The first-order chi connectivity index (χ1) is 17.3. The van der Waals surface area contributed by atoms with Crippen LogP contribution in [-0.4, -0.2) is 71.7 Å². The highest BCUT2D eigenvalue weighted by Crippen LogP contribution is 2.56. The highest BCUT2D eigenvalue weighted by Gasteiger charge is 2.70. The molecule has 0 unspecified atom stereocenters. The average Bonchev–Trinajstić information content (AvgIpc) is 3.29. The number of carbonyl (C=O) groups is 5. The zero-order valence-electron chi connectivity index (χ0n) is 20.4. The zero-order chi connectivity index (χ0) is 25.8. The third-order valence-electron chi connectivity index (χ3n) is 7.90. The van der Waals surface area contributed by atoms with E-state index in [1.165, 1.54) is 14.2 Å². The van der Waals surface area contributed by atoms with E-state index in [1.807, 2.05) is 37.3 Å². The fraction of sp³-hybridized carbons (Fsp3) is 0.462. The average molecular weight is 494 g/mol. The van der Waals surface area contributed by atoms with E-state index < -0.39 is 47.8 Å². The molecule has 3 aliphatic heterocycles. The highest BCUT2D eigenvalue weighted by molar-refractivity contribution is 6.17. The number of benzene rings is 1. The van der Waals surface area contributed by atoms with Gasteiger partial charge in [0.2, 0.25) is 17.7 Å². The van der Waals surface area contributed by atoms with Crippen LogP contribution in [0.25, 0.3) is 0 Å². The number of fused-ring (bicyclic) bond motifs is 5. The van der Waals surface area contributed by atoms with Crippen molar-refractivity contribution in [3.8, 4) is 0 Å². The van der Waals surface area contributed by atoms with Gasteiger partial charge in [0.15, 0.2) is 0 Å². The van der Waals surface area contributed by atoms with E-state index in [0.717, 1.165) is 20.9 Å². The number of likely N-dealkylation sites (tertiary alicyclic amines) is 1. The maximum atomic E-state index is 13.8. The van der Waals surface area contributed by atoms with Crippen LogP contribution in [0.3, 0.4) is 0 Å². The quantitative estimate of drug-likeness (QED) is 0.453. The minimum atomic E-state index is -1.50. The molecule has 0 spiro atoms. The lowest BCUT2D eigenvalue weighted by Crippen LogP contribution is -2.65. The molecule has 188 valence electrons. The predicted molar refractivity (Wildman–Crippen MR) is 125 cm³/mol. The second kappa shape index (κ2) is 8.69. The number of amides is 4. The van der Waals surface area contributed by atoms with Gasteiger partial charge in [-0.15, -0.1) is 0 Å². The number of carbonyl (C=O) groups excluding carboxylic acids is 5. The van der Waals surface area contributed by atoms with E-state index >= 15 is 0 Å². The number of aliphatic imine (C=N–C) groups is 1. The summed E-state index contributed by atoms with van der Waals surface area (Å²) in [6.07, 6.45) is 0.450.